The third-order valence-electron chi connectivity index (χ3n) is 10.4. The summed E-state index contributed by atoms with van der Waals surface area (Å²) in [5, 5.41) is 0.190. The van der Waals surface area contributed by atoms with Crippen LogP contribution in [0.3, 0.4) is 0 Å². The number of carbonyl (C=O) groups excluding carboxylic acids is 1. The van der Waals surface area contributed by atoms with E-state index in [4.69, 9.17) is 18.9 Å². The van der Waals surface area contributed by atoms with Crippen molar-refractivity contribution in [1.82, 2.24) is 9.80 Å². The lowest BCUT2D eigenvalue weighted by Gasteiger charge is -2.57. The van der Waals surface area contributed by atoms with E-state index in [-0.39, 0.29) is 22.6 Å². The molecule has 2 saturated heterocycles. The fourth-order valence-corrected chi connectivity index (χ4v) is 8.26. The zero-order chi connectivity index (χ0) is 28.1. The van der Waals surface area contributed by atoms with Gasteiger partial charge in [0.15, 0.2) is 8.32 Å². The van der Waals surface area contributed by atoms with E-state index in [0.717, 1.165) is 64.9 Å². The maximum Gasteiger partial charge on any atom is 0.410 e. The summed E-state index contributed by atoms with van der Waals surface area (Å²) < 4.78 is 18.4. The van der Waals surface area contributed by atoms with Gasteiger partial charge in [0.1, 0.15) is 5.60 Å². The molecule has 7 nitrogen and oxygen atoms in total. The Morgan fingerprint density at radius 3 is 2.32 bits per heavy atom. The highest BCUT2D eigenvalue weighted by atomic mass is 28.4. The molecular formula is C30H55N3O4Si. The largest absolute Gasteiger partial charge is 0.444 e. The van der Waals surface area contributed by atoms with Crippen LogP contribution in [-0.2, 0) is 13.9 Å². The molecule has 1 amide bonds. The average Bonchev–Trinajstić information content (AvgIpc) is 3.21. The maximum atomic E-state index is 12.9. The van der Waals surface area contributed by atoms with Crippen molar-refractivity contribution in [3.63, 3.8) is 0 Å². The van der Waals surface area contributed by atoms with Gasteiger partial charge in [-0.15, -0.1) is 0 Å². The Morgan fingerprint density at radius 2 is 1.76 bits per heavy atom. The van der Waals surface area contributed by atoms with Crippen LogP contribution in [0.4, 0.5) is 4.79 Å². The Labute approximate surface area is 233 Å². The summed E-state index contributed by atoms with van der Waals surface area (Å²) in [7, 11) is -0.0296. The summed E-state index contributed by atoms with van der Waals surface area (Å²) in [6.45, 7) is 24.2. The number of methoxy groups -OCH3 is 1. The van der Waals surface area contributed by atoms with E-state index < -0.39 is 13.9 Å². The quantitative estimate of drug-likeness (QED) is 0.395. The summed E-state index contributed by atoms with van der Waals surface area (Å²) in [6.07, 6.45) is 5.41. The molecule has 0 N–H and O–H groups in total. The second kappa shape index (κ2) is 10.8. The predicted octanol–water partition coefficient (Wildman–Crippen LogP) is 5.98. The number of rotatable bonds is 5. The fourth-order valence-electron chi connectivity index (χ4n) is 7.24. The molecule has 0 aromatic carbocycles. The van der Waals surface area contributed by atoms with Gasteiger partial charge in [-0.25, -0.2) is 4.79 Å². The molecule has 1 saturated carbocycles. The maximum absolute atomic E-state index is 12.9. The van der Waals surface area contributed by atoms with Crippen molar-refractivity contribution in [3.05, 3.63) is 0 Å². The van der Waals surface area contributed by atoms with Crippen LogP contribution in [0.5, 0.6) is 0 Å². The third-order valence-corrected chi connectivity index (χ3v) is 14.9. The third kappa shape index (κ3) is 5.89. The molecule has 218 valence electrons. The number of fused-ring (bicyclic) bond motifs is 4. The predicted molar refractivity (Wildman–Crippen MR) is 157 cm³/mol. The zero-order valence-corrected chi connectivity index (χ0v) is 26.9. The van der Waals surface area contributed by atoms with Crippen LogP contribution < -0.4 is 0 Å². The van der Waals surface area contributed by atoms with Crippen molar-refractivity contribution < 1.29 is 18.7 Å². The first-order valence-corrected chi connectivity index (χ1v) is 18.0. The van der Waals surface area contributed by atoms with Gasteiger partial charge in [0.2, 0.25) is 0 Å². The van der Waals surface area contributed by atoms with E-state index >= 15 is 0 Å². The van der Waals surface area contributed by atoms with Crippen LogP contribution in [0.15, 0.2) is 4.99 Å². The van der Waals surface area contributed by atoms with Crippen LogP contribution in [0, 0.1) is 17.3 Å². The van der Waals surface area contributed by atoms with Gasteiger partial charge in [0, 0.05) is 44.8 Å². The molecule has 0 radical (unpaired) electrons. The monoisotopic (exact) mass is 549 g/mol. The number of aliphatic imine (C=N–C) groups is 1. The molecule has 3 heterocycles. The van der Waals surface area contributed by atoms with E-state index in [1.54, 1.807) is 0 Å². The molecule has 4 unspecified atom stereocenters. The first-order chi connectivity index (χ1) is 17.6. The van der Waals surface area contributed by atoms with Crippen molar-refractivity contribution in [1.29, 1.82) is 0 Å². The zero-order valence-electron chi connectivity index (χ0n) is 25.9. The molecular weight excluding hydrogens is 494 g/mol. The van der Waals surface area contributed by atoms with Crippen molar-refractivity contribution in [2.45, 2.75) is 122 Å². The van der Waals surface area contributed by atoms with Gasteiger partial charge in [0.05, 0.1) is 24.8 Å². The van der Waals surface area contributed by atoms with Crippen molar-refractivity contribution >= 4 is 20.1 Å². The number of amides is 1. The molecule has 0 aromatic heterocycles. The summed E-state index contributed by atoms with van der Waals surface area (Å²) in [5.41, 5.74) is 1.09. The molecule has 3 aliphatic heterocycles. The van der Waals surface area contributed by atoms with Crippen molar-refractivity contribution in [2.75, 3.05) is 39.9 Å². The van der Waals surface area contributed by atoms with Crippen LogP contribution in [0.1, 0.15) is 80.6 Å². The number of hydrogen-bond donors (Lipinski definition) is 0. The van der Waals surface area contributed by atoms with E-state index in [9.17, 15) is 4.79 Å². The Bertz CT molecular complexity index is 885. The van der Waals surface area contributed by atoms with E-state index in [1.165, 1.54) is 5.71 Å². The molecule has 38 heavy (non-hydrogen) atoms. The van der Waals surface area contributed by atoms with Crippen LogP contribution >= 0.6 is 0 Å². The van der Waals surface area contributed by atoms with Gasteiger partial charge >= 0.3 is 6.09 Å². The van der Waals surface area contributed by atoms with Gasteiger partial charge < -0.3 is 18.8 Å². The summed E-state index contributed by atoms with van der Waals surface area (Å²) in [6, 6.07) is 0.574. The SMILES string of the molecule is CCN1CC2(CCN(C(=O)OC(C)(C)C)CC2)C2C3CCC(OC)CC3=NC2[C@@H]1CO[Si](C)(C)C(C)(C)C. The Kier molecular flexibility index (Phi) is 8.52. The van der Waals surface area contributed by atoms with E-state index in [0.29, 0.717) is 24.0 Å². The molecule has 8 heteroatoms. The minimum absolute atomic E-state index is 0.169. The number of nitrogens with zero attached hydrogens (tertiary/aromatic N) is 3. The molecule has 0 bridgehead atoms. The fraction of sp³-hybridized carbons (Fsp3) is 0.933. The second-order valence-electron chi connectivity index (χ2n) is 14.9. The highest BCUT2D eigenvalue weighted by Gasteiger charge is 2.59. The van der Waals surface area contributed by atoms with Gasteiger partial charge in [0.25, 0.3) is 0 Å². The molecule has 4 aliphatic rings. The highest BCUT2D eigenvalue weighted by Crippen LogP contribution is 2.55. The topological polar surface area (TPSA) is 63.6 Å². The molecule has 5 atom stereocenters. The highest BCUT2D eigenvalue weighted by molar-refractivity contribution is 6.74. The normalized spacial score (nSPS) is 32.1. The Hall–Kier alpha value is -0.963. The molecule has 1 aliphatic carbocycles. The van der Waals surface area contributed by atoms with Gasteiger partial charge in [-0.2, -0.15) is 0 Å². The number of ether oxygens (including phenoxy) is 2. The number of hydrogen-bond acceptors (Lipinski definition) is 6. The van der Waals surface area contributed by atoms with Crippen LogP contribution in [0.2, 0.25) is 18.1 Å². The lowest BCUT2D eigenvalue weighted by Crippen LogP contribution is -2.65. The first kappa shape index (κ1) is 30.0. The number of piperidine rings is 2. The smallest absolute Gasteiger partial charge is 0.410 e. The number of carbonyl (C=O) groups is 1. The van der Waals surface area contributed by atoms with Crippen molar-refractivity contribution in [3.8, 4) is 0 Å². The molecule has 3 fully saturated rings. The number of likely N-dealkylation sites (tertiary alicyclic amines) is 2. The molecule has 4 rings (SSSR count). The average molecular weight is 550 g/mol. The summed E-state index contributed by atoms with van der Waals surface area (Å²) in [4.78, 5) is 23.0. The number of likely N-dealkylation sites (N-methyl/N-ethyl adjacent to an activating group) is 1. The second-order valence-corrected chi connectivity index (χ2v) is 19.7. The summed E-state index contributed by atoms with van der Waals surface area (Å²) >= 11 is 0. The standard InChI is InChI=1S/C30H55N3O4Si/c1-11-32-20-30(14-16-33(17-15-30)27(34)37-28(2,3)4)25-22-13-12-21(35-8)18-23(22)31-26(25)24(32)19-36-38(9,10)29(5,6)7/h21-22,24-26H,11-20H2,1-10H3/t21?,22?,24-,25?,26?/m0/s1. The Balaban J connectivity index is 1.59. The van der Waals surface area contributed by atoms with Crippen molar-refractivity contribution in [2.24, 2.45) is 22.2 Å². The van der Waals surface area contributed by atoms with E-state index in [2.05, 4.69) is 45.7 Å². The van der Waals surface area contributed by atoms with Gasteiger partial charge in [-0.1, -0.05) is 27.7 Å². The van der Waals surface area contributed by atoms with Crippen LogP contribution in [0.25, 0.3) is 0 Å². The van der Waals surface area contributed by atoms with Gasteiger partial charge in [-0.3, -0.25) is 9.89 Å². The van der Waals surface area contributed by atoms with Gasteiger partial charge in [-0.05, 0) is 82.5 Å². The minimum Gasteiger partial charge on any atom is -0.444 e. The lowest BCUT2D eigenvalue weighted by molar-refractivity contribution is -0.0802. The molecule has 0 aromatic rings. The first-order valence-electron chi connectivity index (χ1n) is 15.1. The lowest BCUT2D eigenvalue weighted by atomic mass is 9.57. The minimum atomic E-state index is -1.87. The van der Waals surface area contributed by atoms with E-state index in [1.807, 2.05) is 32.8 Å². The summed E-state index contributed by atoms with van der Waals surface area (Å²) in [5.74, 6) is 1.06. The molecule has 1 spiro atoms. The van der Waals surface area contributed by atoms with Crippen LogP contribution in [-0.4, -0.2) is 93.6 Å². The Morgan fingerprint density at radius 1 is 1.11 bits per heavy atom.